The maximum atomic E-state index is 5.74. The van der Waals surface area contributed by atoms with E-state index in [0.29, 0.717) is 5.92 Å². The summed E-state index contributed by atoms with van der Waals surface area (Å²) in [6, 6.07) is 2.17. The van der Waals surface area contributed by atoms with Crippen LogP contribution in [0.2, 0.25) is 0 Å². The van der Waals surface area contributed by atoms with Gasteiger partial charge in [0.25, 0.3) is 0 Å². The summed E-state index contributed by atoms with van der Waals surface area (Å²) in [5.74, 6) is 8.92. The van der Waals surface area contributed by atoms with E-state index in [0.717, 1.165) is 17.6 Å². The van der Waals surface area contributed by atoms with Crippen LogP contribution in [0.4, 0.5) is 0 Å². The Morgan fingerprint density at radius 2 is 1.94 bits per heavy atom. The molecule has 0 radical (unpaired) electrons. The van der Waals surface area contributed by atoms with Gasteiger partial charge in [0.1, 0.15) is 5.76 Å². The van der Waals surface area contributed by atoms with Gasteiger partial charge in [-0.3, -0.25) is 5.84 Å². The molecule has 3 N–H and O–H groups in total. The van der Waals surface area contributed by atoms with Gasteiger partial charge in [-0.05, 0) is 55.6 Å². The largest absolute Gasteiger partial charge is 0.467 e. The molecule has 2 rings (SSSR count). The number of nitrogens with two attached hydrogens (primary N) is 1. The van der Waals surface area contributed by atoms with Crippen molar-refractivity contribution in [3.8, 4) is 0 Å². The van der Waals surface area contributed by atoms with Crippen LogP contribution >= 0.6 is 0 Å². The van der Waals surface area contributed by atoms with Crippen molar-refractivity contribution < 1.29 is 4.42 Å². The van der Waals surface area contributed by atoms with E-state index in [1.54, 1.807) is 6.26 Å². The van der Waals surface area contributed by atoms with Crippen LogP contribution in [0.1, 0.15) is 50.5 Å². The first-order valence-corrected chi connectivity index (χ1v) is 6.62. The molecule has 0 spiro atoms. The molecular weight excluding hydrogens is 212 g/mol. The maximum absolute atomic E-state index is 5.74. The van der Waals surface area contributed by atoms with Crippen LogP contribution in [0.15, 0.2) is 16.7 Å². The van der Waals surface area contributed by atoms with Gasteiger partial charge in [0.05, 0.1) is 12.3 Å². The zero-order valence-corrected chi connectivity index (χ0v) is 11.1. The van der Waals surface area contributed by atoms with Crippen molar-refractivity contribution in [2.24, 2.45) is 23.6 Å². The summed E-state index contributed by atoms with van der Waals surface area (Å²) < 4.78 is 5.60. The van der Waals surface area contributed by atoms with E-state index in [9.17, 15) is 0 Å². The lowest BCUT2D eigenvalue weighted by molar-refractivity contribution is 0.164. The minimum absolute atomic E-state index is 0.162. The Bertz CT molecular complexity index is 351. The first-order valence-electron chi connectivity index (χ1n) is 6.62. The van der Waals surface area contributed by atoms with Gasteiger partial charge in [-0.25, -0.2) is 5.43 Å². The highest BCUT2D eigenvalue weighted by molar-refractivity contribution is 5.19. The van der Waals surface area contributed by atoms with Gasteiger partial charge in [0.15, 0.2) is 0 Å². The molecule has 0 aliphatic heterocycles. The van der Waals surface area contributed by atoms with Crippen LogP contribution in [0.5, 0.6) is 0 Å². The van der Waals surface area contributed by atoms with Crippen molar-refractivity contribution in [2.45, 2.75) is 46.1 Å². The molecular formula is C14H24N2O. The van der Waals surface area contributed by atoms with Gasteiger partial charge in [-0.2, -0.15) is 0 Å². The molecule has 0 amide bonds. The highest BCUT2D eigenvalue weighted by atomic mass is 16.3. The summed E-state index contributed by atoms with van der Waals surface area (Å²) in [5, 5.41) is 0. The Hall–Kier alpha value is -0.800. The molecule has 1 fully saturated rings. The number of hydrogen-bond donors (Lipinski definition) is 2. The molecule has 0 aromatic carbocycles. The van der Waals surface area contributed by atoms with E-state index in [2.05, 4.69) is 26.2 Å². The second kappa shape index (κ2) is 5.23. The van der Waals surface area contributed by atoms with Crippen molar-refractivity contribution in [1.82, 2.24) is 5.43 Å². The summed E-state index contributed by atoms with van der Waals surface area (Å²) in [5.41, 5.74) is 4.16. The van der Waals surface area contributed by atoms with Crippen molar-refractivity contribution >= 4 is 0 Å². The topological polar surface area (TPSA) is 51.2 Å². The average molecular weight is 236 g/mol. The lowest BCUT2D eigenvalue weighted by atomic mass is 9.73. The third kappa shape index (κ3) is 2.72. The average Bonchev–Trinajstić information content (AvgIpc) is 2.65. The molecule has 1 saturated carbocycles. The number of hydrazine groups is 1. The molecule has 0 bridgehead atoms. The maximum Gasteiger partial charge on any atom is 0.125 e. The van der Waals surface area contributed by atoms with E-state index in [4.69, 9.17) is 10.3 Å². The standard InChI is InChI=1S/C14H24N2O/c1-9-6-10(2)8-12(7-9)13(16-15)14-11(3)4-5-17-14/h4-5,9-10,12-13,16H,6-8,15H2,1-3H3. The van der Waals surface area contributed by atoms with Gasteiger partial charge in [-0.1, -0.05) is 13.8 Å². The summed E-state index contributed by atoms with van der Waals surface area (Å²) in [4.78, 5) is 0. The van der Waals surface area contributed by atoms with Crippen LogP contribution in [-0.4, -0.2) is 0 Å². The Kier molecular flexibility index (Phi) is 3.89. The Balaban J connectivity index is 2.15. The zero-order valence-electron chi connectivity index (χ0n) is 11.1. The molecule has 3 atom stereocenters. The van der Waals surface area contributed by atoms with E-state index in [1.807, 2.05) is 6.07 Å². The first-order chi connectivity index (χ1) is 8.11. The number of rotatable bonds is 3. The molecule has 1 aliphatic rings. The Morgan fingerprint density at radius 3 is 2.41 bits per heavy atom. The molecule has 1 aliphatic carbocycles. The van der Waals surface area contributed by atoms with Crippen LogP contribution in [0.3, 0.4) is 0 Å². The van der Waals surface area contributed by atoms with Gasteiger partial charge >= 0.3 is 0 Å². The zero-order chi connectivity index (χ0) is 12.4. The molecule has 17 heavy (non-hydrogen) atoms. The minimum Gasteiger partial charge on any atom is -0.467 e. The first kappa shape index (κ1) is 12.7. The van der Waals surface area contributed by atoms with Gasteiger partial charge in [0.2, 0.25) is 0 Å². The Morgan fingerprint density at radius 1 is 1.29 bits per heavy atom. The smallest absolute Gasteiger partial charge is 0.125 e. The Labute approximate surface area is 104 Å². The van der Waals surface area contributed by atoms with Crippen molar-refractivity contribution in [2.75, 3.05) is 0 Å². The third-order valence-corrected chi connectivity index (χ3v) is 4.05. The lowest BCUT2D eigenvalue weighted by Gasteiger charge is -2.35. The van der Waals surface area contributed by atoms with Crippen LogP contribution in [0, 0.1) is 24.7 Å². The predicted octanol–water partition coefficient (Wildman–Crippen LogP) is 3.16. The second-order valence-electron chi connectivity index (χ2n) is 5.79. The molecule has 96 valence electrons. The quantitative estimate of drug-likeness (QED) is 0.626. The third-order valence-electron chi connectivity index (χ3n) is 4.05. The van der Waals surface area contributed by atoms with Crippen molar-refractivity contribution in [1.29, 1.82) is 0 Å². The number of aryl methyl sites for hydroxylation is 1. The minimum atomic E-state index is 0.162. The van der Waals surface area contributed by atoms with E-state index >= 15 is 0 Å². The summed E-state index contributed by atoms with van der Waals surface area (Å²) in [7, 11) is 0. The van der Waals surface area contributed by atoms with Gasteiger partial charge < -0.3 is 4.42 Å². The SMILES string of the molecule is Cc1ccoc1C(NN)C1CC(C)CC(C)C1. The predicted molar refractivity (Wildman–Crippen MR) is 69.2 cm³/mol. The van der Waals surface area contributed by atoms with Crippen molar-refractivity contribution in [3.63, 3.8) is 0 Å². The molecule has 3 unspecified atom stereocenters. The van der Waals surface area contributed by atoms with Gasteiger partial charge in [-0.15, -0.1) is 0 Å². The van der Waals surface area contributed by atoms with Crippen molar-refractivity contribution in [3.05, 3.63) is 23.7 Å². The highest BCUT2D eigenvalue weighted by Gasteiger charge is 2.32. The molecule has 1 heterocycles. The molecule has 1 aromatic heterocycles. The monoisotopic (exact) mass is 236 g/mol. The highest BCUT2D eigenvalue weighted by Crippen LogP contribution is 2.40. The van der Waals surface area contributed by atoms with Crippen LogP contribution in [0.25, 0.3) is 0 Å². The number of furan rings is 1. The fraction of sp³-hybridized carbons (Fsp3) is 0.714. The van der Waals surface area contributed by atoms with Crippen LogP contribution in [-0.2, 0) is 0 Å². The van der Waals surface area contributed by atoms with E-state index in [-0.39, 0.29) is 6.04 Å². The lowest BCUT2D eigenvalue weighted by Crippen LogP contribution is -2.37. The number of hydrogen-bond acceptors (Lipinski definition) is 3. The summed E-state index contributed by atoms with van der Waals surface area (Å²) in [6.45, 7) is 6.76. The molecule has 3 heteroatoms. The molecule has 1 aromatic rings. The number of nitrogens with one attached hydrogen (secondary N) is 1. The fourth-order valence-corrected chi connectivity index (χ4v) is 3.41. The normalized spacial score (nSPS) is 31.4. The van der Waals surface area contributed by atoms with E-state index in [1.165, 1.54) is 24.8 Å². The molecule has 3 nitrogen and oxygen atoms in total. The second-order valence-corrected chi connectivity index (χ2v) is 5.79. The molecule has 0 saturated heterocycles. The fourth-order valence-electron chi connectivity index (χ4n) is 3.41. The van der Waals surface area contributed by atoms with E-state index < -0.39 is 0 Å². The van der Waals surface area contributed by atoms with Gasteiger partial charge in [0, 0.05) is 0 Å². The van der Waals surface area contributed by atoms with Crippen LogP contribution < -0.4 is 11.3 Å². The summed E-state index contributed by atoms with van der Waals surface area (Å²) in [6.07, 6.45) is 5.56. The summed E-state index contributed by atoms with van der Waals surface area (Å²) >= 11 is 0.